The van der Waals surface area contributed by atoms with Gasteiger partial charge in [0.25, 0.3) is 0 Å². The maximum Gasteiger partial charge on any atom is 0.321 e. The topological polar surface area (TPSA) is 83.8 Å². The van der Waals surface area contributed by atoms with Gasteiger partial charge in [-0.2, -0.15) is 0 Å². The first-order chi connectivity index (χ1) is 13.7. The summed E-state index contributed by atoms with van der Waals surface area (Å²) >= 11 is 0. The molecule has 1 fully saturated rings. The highest BCUT2D eigenvalue weighted by Gasteiger charge is 2.25. The van der Waals surface area contributed by atoms with Gasteiger partial charge in [-0.3, -0.25) is 15.0 Å². The smallest absolute Gasteiger partial charge is 0.321 e. The predicted molar refractivity (Wildman–Crippen MR) is 105 cm³/mol. The summed E-state index contributed by atoms with van der Waals surface area (Å²) in [5.74, 6) is 1.14. The second-order valence-electron chi connectivity index (χ2n) is 6.92. The molecule has 1 aromatic heterocycles. The summed E-state index contributed by atoms with van der Waals surface area (Å²) in [4.78, 5) is 26.5. The normalized spacial score (nSPS) is 17.5. The minimum atomic E-state index is -0.516. The molecule has 7 nitrogen and oxygen atoms in total. The van der Waals surface area contributed by atoms with Gasteiger partial charge in [0.05, 0.1) is 26.5 Å². The molecule has 2 aromatic rings. The Morgan fingerprint density at radius 1 is 1.18 bits per heavy atom. The summed E-state index contributed by atoms with van der Waals surface area (Å²) < 4.78 is 10.4. The Kier molecular flexibility index (Phi) is 7.08. The molecule has 0 bridgehead atoms. The highest BCUT2D eigenvalue weighted by Crippen LogP contribution is 2.30. The van der Waals surface area contributed by atoms with Gasteiger partial charge in [-0.25, -0.2) is 4.79 Å². The maximum atomic E-state index is 12.4. The highest BCUT2D eigenvalue weighted by atomic mass is 16.5. The first-order valence-corrected chi connectivity index (χ1v) is 9.64. The van der Waals surface area contributed by atoms with Gasteiger partial charge in [-0.05, 0) is 49.2 Å². The van der Waals surface area contributed by atoms with Gasteiger partial charge in [-0.15, -0.1) is 0 Å². The van der Waals surface area contributed by atoms with Crippen molar-refractivity contribution in [2.24, 2.45) is 0 Å². The van der Waals surface area contributed by atoms with Crippen LogP contribution in [0.5, 0.6) is 5.75 Å². The number of imide groups is 1. The molecule has 1 aliphatic heterocycles. The monoisotopic (exact) mass is 385 g/mol. The standard InChI is InChI=1S/C21H27N3O4/c1-27-17-10-8-16(9-11-17)19-7-3-2-4-12-24(19)15-20(25)23-21(26)22-14-18-6-5-13-28-18/h5-6,8-11,13,19H,2-4,7,12,14-15H2,1H3,(H2,22,23,25,26)/t19-/m1/s1. The zero-order chi connectivity index (χ0) is 19.8. The van der Waals surface area contributed by atoms with Gasteiger partial charge >= 0.3 is 6.03 Å². The lowest BCUT2D eigenvalue weighted by atomic mass is 10.0. The molecule has 0 unspecified atom stereocenters. The van der Waals surface area contributed by atoms with Gasteiger partial charge in [0.2, 0.25) is 5.91 Å². The van der Waals surface area contributed by atoms with E-state index < -0.39 is 6.03 Å². The predicted octanol–water partition coefficient (Wildman–Crippen LogP) is 3.23. The summed E-state index contributed by atoms with van der Waals surface area (Å²) in [6.45, 7) is 1.26. The molecule has 0 aliphatic carbocycles. The van der Waals surface area contributed by atoms with Crippen LogP contribution in [0, 0.1) is 0 Å². The van der Waals surface area contributed by atoms with Crippen LogP contribution in [-0.4, -0.2) is 37.0 Å². The zero-order valence-corrected chi connectivity index (χ0v) is 16.1. The molecule has 2 N–H and O–H groups in total. The van der Waals surface area contributed by atoms with Crippen LogP contribution in [0.2, 0.25) is 0 Å². The number of amides is 3. The summed E-state index contributed by atoms with van der Waals surface area (Å²) in [6, 6.07) is 11.1. The molecule has 1 saturated heterocycles. The van der Waals surface area contributed by atoms with Crippen LogP contribution in [0.3, 0.4) is 0 Å². The van der Waals surface area contributed by atoms with Crippen molar-refractivity contribution < 1.29 is 18.7 Å². The fourth-order valence-electron chi connectivity index (χ4n) is 3.54. The third kappa shape index (κ3) is 5.60. The Balaban J connectivity index is 1.57. The Hall–Kier alpha value is -2.80. The summed E-state index contributed by atoms with van der Waals surface area (Å²) in [6.07, 6.45) is 5.85. The van der Waals surface area contributed by atoms with Crippen LogP contribution in [0.15, 0.2) is 47.1 Å². The van der Waals surface area contributed by atoms with Crippen molar-refractivity contribution in [2.45, 2.75) is 38.3 Å². The van der Waals surface area contributed by atoms with Crippen molar-refractivity contribution >= 4 is 11.9 Å². The maximum absolute atomic E-state index is 12.4. The van der Waals surface area contributed by atoms with Crippen LogP contribution < -0.4 is 15.4 Å². The van der Waals surface area contributed by atoms with Crippen LogP contribution >= 0.6 is 0 Å². The van der Waals surface area contributed by atoms with Crippen molar-refractivity contribution in [2.75, 3.05) is 20.2 Å². The van der Waals surface area contributed by atoms with Gasteiger partial charge in [0.15, 0.2) is 0 Å². The molecular weight excluding hydrogens is 358 g/mol. The molecule has 1 atom stereocenters. The van der Waals surface area contributed by atoms with Gasteiger partial charge in [0, 0.05) is 6.04 Å². The van der Waals surface area contributed by atoms with Crippen molar-refractivity contribution in [3.05, 3.63) is 54.0 Å². The number of benzene rings is 1. The summed E-state index contributed by atoms with van der Waals surface area (Å²) in [5.41, 5.74) is 1.16. The quantitative estimate of drug-likeness (QED) is 0.798. The van der Waals surface area contributed by atoms with E-state index in [1.54, 1.807) is 25.5 Å². The van der Waals surface area contributed by atoms with E-state index in [9.17, 15) is 9.59 Å². The molecule has 150 valence electrons. The number of hydrogen-bond acceptors (Lipinski definition) is 5. The number of carbonyl (C=O) groups is 2. The Morgan fingerprint density at radius 3 is 2.71 bits per heavy atom. The molecule has 0 saturated carbocycles. The van der Waals surface area contributed by atoms with Gasteiger partial charge in [-0.1, -0.05) is 25.0 Å². The average Bonchev–Trinajstić information content (AvgIpc) is 3.12. The second kappa shape index (κ2) is 9.94. The number of nitrogens with one attached hydrogen (secondary N) is 2. The number of carbonyl (C=O) groups excluding carboxylic acids is 2. The largest absolute Gasteiger partial charge is 0.497 e. The molecule has 1 aliphatic rings. The first-order valence-electron chi connectivity index (χ1n) is 9.64. The number of urea groups is 1. The Labute approximate surface area is 165 Å². The van der Waals surface area contributed by atoms with Crippen molar-refractivity contribution in [3.63, 3.8) is 0 Å². The van der Waals surface area contributed by atoms with Crippen molar-refractivity contribution in [1.82, 2.24) is 15.5 Å². The molecule has 0 radical (unpaired) electrons. The van der Waals surface area contributed by atoms with E-state index in [0.29, 0.717) is 5.76 Å². The third-order valence-electron chi connectivity index (χ3n) is 4.97. The highest BCUT2D eigenvalue weighted by molar-refractivity contribution is 5.95. The minimum Gasteiger partial charge on any atom is -0.497 e. The number of methoxy groups -OCH3 is 1. The number of likely N-dealkylation sites (tertiary alicyclic amines) is 1. The molecule has 3 amide bonds. The molecule has 1 aromatic carbocycles. The van der Waals surface area contributed by atoms with Crippen LogP contribution in [-0.2, 0) is 11.3 Å². The zero-order valence-electron chi connectivity index (χ0n) is 16.1. The van der Waals surface area contributed by atoms with E-state index in [-0.39, 0.29) is 25.0 Å². The molecule has 0 spiro atoms. The van der Waals surface area contributed by atoms with Crippen LogP contribution in [0.1, 0.15) is 43.0 Å². The number of furan rings is 1. The van der Waals surface area contributed by atoms with E-state index in [1.165, 1.54) is 0 Å². The van der Waals surface area contributed by atoms with E-state index in [1.807, 2.05) is 12.1 Å². The number of hydrogen-bond donors (Lipinski definition) is 2. The lowest BCUT2D eigenvalue weighted by molar-refractivity contribution is -0.121. The Bertz CT molecular complexity index is 758. The van der Waals surface area contributed by atoms with E-state index >= 15 is 0 Å². The first kappa shape index (κ1) is 19.9. The number of rotatable bonds is 6. The molecule has 7 heteroatoms. The second-order valence-corrected chi connectivity index (χ2v) is 6.92. The van der Waals surface area contributed by atoms with E-state index in [2.05, 4.69) is 27.7 Å². The van der Waals surface area contributed by atoms with Gasteiger partial charge < -0.3 is 14.5 Å². The molecular formula is C21H27N3O4. The lowest BCUT2D eigenvalue weighted by Gasteiger charge is -2.29. The lowest BCUT2D eigenvalue weighted by Crippen LogP contribution is -2.45. The SMILES string of the molecule is COc1ccc([C@H]2CCCCCN2CC(=O)NC(=O)NCc2ccco2)cc1. The molecule has 2 heterocycles. The fraction of sp³-hybridized carbons (Fsp3) is 0.429. The minimum absolute atomic E-state index is 0.158. The van der Waals surface area contributed by atoms with Crippen LogP contribution in [0.4, 0.5) is 4.79 Å². The summed E-state index contributed by atoms with van der Waals surface area (Å²) in [7, 11) is 1.65. The van der Waals surface area contributed by atoms with E-state index in [0.717, 1.165) is 43.5 Å². The van der Waals surface area contributed by atoms with Gasteiger partial charge in [0.1, 0.15) is 11.5 Å². The average molecular weight is 385 g/mol. The molecule has 3 rings (SSSR count). The van der Waals surface area contributed by atoms with Crippen LogP contribution in [0.25, 0.3) is 0 Å². The Morgan fingerprint density at radius 2 is 2.00 bits per heavy atom. The van der Waals surface area contributed by atoms with Crippen molar-refractivity contribution in [1.29, 1.82) is 0 Å². The van der Waals surface area contributed by atoms with Crippen molar-refractivity contribution in [3.8, 4) is 5.75 Å². The van der Waals surface area contributed by atoms with E-state index in [4.69, 9.17) is 9.15 Å². The number of ether oxygens (including phenoxy) is 1. The fourth-order valence-corrected chi connectivity index (χ4v) is 3.54. The number of nitrogens with zero attached hydrogens (tertiary/aromatic N) is 1. The summed E-state index contributed by atoms with van der Waals surface area (Å²) in [5, 5.41) is 5.03. The molecule has 28 heavy (non-hydrogen) atoms. The third-order valence-corrected chi connectivity index (χ3v) is 4.97.